The van der Waals surface area contributed by atoms with Crippen LogP contribution in [0.1, 0.15) is 26.2 Å². The highest BCUT2D eigenvalue weighted by Gasteiger charge is 2.34. The minimum absolute atomic E-state index is 0.0283. The van der Waals surface area contributed by atoms with Gasteiger partial charge in [-0.3, -0.25) is 0 Å². The van der Waals surface area contributed by atoms with Crippen LogP contribution in [0.4, 0.5) is 0 Å². The van der Waals surface area contributed by atoms with Crippen LogP contribution >= 0.6 is 0 Å². The maximum Gasteiger partial charge on any atom is 0.215 e. The lowest BCUT2D eigenvalue weighted by Gasteiger charge is -2.35. The number of hydrogen-bond donors (Lipinski definition) is 2. The van der Waals surface area contributed by atoms with E-state index < -0.39 is 15.3 Å². The van der Waals surface area contributed by atoms with Gasteiger partial charge in [-0.1, -0.05) is 6.92 Å². The van der Waals surface area contributed by atoms with Crippen molar-refractivity contribution in [1.29, 1.82) is 0 Å². The van der Waals surface area contributed by atoms with E-state index in [1.54, 1.807) is 7.11 Å². The molecule has 0 aromatic heterocycles. The van der Waals surface area contributed by atoms with Gasteiger partial charge >= 0.3 is 0 Å². The van der Waals surface area contributed by atoms with Crippen LogP contribution in [-0.2, 0) is 14.8 Å². The molecule has 1 rings (SSSR count). The Kier molecular flexibility index (Phi) is 4.51. The van der Waals surface area contributed by atoms with Gasteiger partial charge in [0.25, 0.3) is 0 Å². The molecule has 1 saturated carbocycles. The fraction of sp³-hybridized carbons (Fsp3) is 1.00. The van der Waals surface area contributed by atoms with Gasteiger partial charge in [-0.05, 0) is 19.3 Å². The number of methoxy groups -OCH3 is 1. The van der Waals surface area contributed by atoms with Crippen LogP contribution in [0.5, 0.6) is 0 Å². The third-order valence-corrected chi connectivity index (χ3v) is 4.98. The Morgan fingerprint density at radius 2 is 2.13 bits per heavy atom. The summed E-state index contributed by atoms with van der Waals surface area (Å²) < 4.78 is 31.3. The minimum atomic E-state index is -3.24. The molecule has 0 aromatic carbocycles. The number of nitrogens with one attached hydrogen (secondary N) is 1. The summed E-state index contributed by atoms with van der Waals surface area (Å²) in [6, 6.07) is 0.0283. The molecule has 0 spiro atoms. The Morgan fingerprint density at radius 1 is 1.53 bits per heavy atom. The second-order valence-electron chi connectivity index (χ2n) is 3.95. The number of hydrogen-bond acceptors (Lipinski definition) is 4. The fourth-order valence-corrected chi connectivity index (χ4v) is 3.24. The molecule has 1 fully saturated rings. The van der Waals surface area contributed by atoms with Crippen molar-refractivity contribution in [3.63, 3.8) is 0 Å². The van der Waals surface area contributed by atoms with Gasteiger partial charge in [0.2, 0.25) is 10.0 Å². The zero-order valence-electron chi connectivity index (χ0n) is 9.27. The summed E-state index contributed by atoms with van der Waals surface area (Å²) in [5.74, 6) is 0. The van der Waals surface area contributed by atoms with E-state index in [-0.39, 0.29) is 18.7 Å². The van der Waals surface area contributed by atoms with Gasteiger partial charge in [-0.25, -0.2) is 13.1 Å². The Morgan fingerprint density at radius 3 is 2.53 bits per heavy atom. The highest BCUT2D eigenvalue weighted by molar-refractivity contribution is 7.90. The van der Waals surface area contributed by atoms with E-state index in [9.17, 15) is 8.42 Å². The lowest BCUT2D eigenvalue weighted by Crippen LogP contribution is -2.51. The van der Waals surface area contributed by atoms with Crippen LogP contribution in [0.15, 0.2) is 0 Å². The second kappa shape index (κ2) is 5.25. The fourth-order valence-electron chi connectivity index (χ4n) is 1.70. The van der Waals surface area contributed by atoms with Gasteiger partial charge in [0.1, 0.15) is 0 Å². The van der Waals surface area contributed by atoms with Crippen molar-refractivity contribution >= 4 is 10.0 Å². The molecule has 90 valence electrons. The van der Waals surface area contributed by atoms with Crippen molar-refractivity contribution in [3.8, 4) is 0 Å². The molecule has 6 heteroatoms. The number of sulfonamides is 1. The number of ether oxygens (including phenoxy) is 1. The van der Waals surface area contributed by atoms with Crippen molar-refractivity contribution in [2.24, 2.45) is 5.73 Å². The normalized spacial score (nSPS) is 28.5. The number of rotatable bonds is 6. The molecule has 0 bridgehead atoms. The lowest BCUT2D eigenvalue weighted by atomic mass is 9.90. The minimum Gasteiger partial charge on any atom is -0.381 e. The standard InChI is InChI=1S/C9H20N2O3S/c1-3-9(6-10)15(12,13)11-7-4-8(5-7)14-2/h7-9,11H,3-6,10H2,1-2H3. The molecule has 1 unspecified atom stereocenters. The summed E-state index contributed by atoms with van der Waals surface area (Å²) in [7, 11) is -1.60. The average Bonchev–Trinajstić information content (AvgIpc) is 2.12. The van der Waals surface area contributed by atoms with Crippen molar-refractivity contribution in [2.45, 2.75) is 43.6 Å². The Labute approximate surface area is 91.4 Å². The van der Waals surface area contributed by atoms with E-state index in [4.69, 9.17) is 10.5 Å². The van der Waals surface area contributed by atoms with E-state index in [1.165, 1.54) is 0 Å². The SMILES string of the molecule is CCC(CN)S(=O)(=O)NC1CC(OC)C1. The van der Waals surface area contributed by atoms with Gasteiger partial charge in [0.15, 0.2) is 0 Å². The molecule has 1 atom stereocenters. The van der Waals surface area contributed by atoms with Gasteiger partial charge in [0, 0.05) is 19.7 Å². The average molecular weight is 236 g/mol. The van der Waals surface area contributed by atoms with Crippen molar-refractivity contribution < 1.29 is 13.2 Å². The number of nitrogens with two attached hydrogens (primary N) is 1. The van der Waals surface area contributed by atoms with Crippen molar-refractivity contribution in [3.05, 3.63) is 0 Å². The van der Waals surface area contributed by atoms with Crippen molar-refractivity contribution in [1.82, 2.24) is 4.72 Å². The maximum atomic E-state index is 11.8. The monoisotopic (exact) mass is 236 g/mol. The topological polar surface area (TPSA) is 81.4 Å². The van der Waals surface area contributed by atoms with Gasteiger partial charge < -0.3 is 10.5 Å². The van der Waals surface area contributed by atoms with Crippen LogP contribution in [0.25, 0.3) is 0 Å². The van der Waals surface area contributed by atoms with E-state index in [1.807, 2.05) is 6.92 Å². The molecule has 3 N–H and O–H groups in total. The Balaban J connectivity index is 2.44. The lowest BCUT2D eigenvalue weighted by molar-refractivity contribution is 0.0235. The predicted molar refractivity (Wildman–Crippen MR) is 59.0 cm³/mol. The molecule has 0 amide bonds. The third-order valence-electron chi connectivity index (χ3n) is 2.92. The molecule has 5 nitrogen and oxygen atoms in total. The zero-order chi connectivity index (χ0) is 11.5. The van der Waals surface area contributed by atoms with Crippen LogP contribution in [0, 0.1) is 0 Å². The van der Waals surface area contributed by atoms with Crippen LogP contribution in [0.2, 0.25) is 0 Å². The van der Waals surface area contributed by atoms with Gasteiger partial charge in [-0.15, -0.1) is 0 Å². The highest BCUT2D eigenvalue weighted by atomic mass is 32.2. The third kappa shape index (κ3) is 3.14. The molecule has 1 aliphatic rings. The molecule has 0 aromatic rings. The summed E-state index contributed by atoms with van der Waals surface area (Å²) >= 11 is 0. The molecule has 0 saturated heterocycles. The molecule has 1 aliphatic carbocycles. The predicted octanol–water partition coefficient (Wildman–Crippen LogP) is -0.179. The summed E-state index contributed by atoms with van der Waals surface area (Å²) in [5.41, 5.74) is 5.41. The van der Waals surface area contributed by atoms with E-state index in [0.29, 0.717) is 6.42 Å². The summed E-state index contributed by atoms with van der Waals surface area (Å²) in [4.78, 5) is 0. The van der Waals surface area contributed by atoms with Crippen molar-refractivity contribution in [2.75, 3.05) is 13.7 Å². The van der Waals surface area contributed by atoms with Crippen LogP contribution < -0.4 is 10.5 Å². The largest absolute Gasteiger partial charge is 0.381 e. The summed E-state index contributed by atoms with van der Waals surface area (Å²) in [6.07, 6.45) is 2.27. The molecular formula is C9H20N2O3S. The van der Waals surface area contributed by atoms with E-state index in [0.717, 1.165) is 12.8 Å². The molecular weight excluding hydrogens is 216 g/mol. The summed E-state index contributed by atoms with van der Waals surface area (Å²) in [6.45, 7) is 2.00. The van der Waals surface area contributed by atoms with Gasteiger partial charge in [-0.2, -0.15) is 0 Å². The smallest absolute Gasteiger partial charge is 0.215 e. The second-order valence-corrected chi connectivity index (χ2v) is 5.95. The first-order chi connectivity index (χ1) is 7.03. The highest BCUT2D eigenvalue weighted by Crippen LogP contribution is 2.23. The Bertz CT molecular complexity index is 282. The Hall–Kier alpha value is -0.170. The van der Waals surface area contributed by atoms with Crippen LogP contribution in [0.3, 0.4) is 0 Å². The molecule has 0 heterocycles. The maximum absolute atomic E-state index is 11.8. The first-order valence-corrected chi connectivity index (χ1v) is 6.82. The molecule has 0 radical (unpaired) electrons. The first-order valence-electron chi connectivity index (χ1n) is 5.27. The first kappa shape index (κ1) is 12.9. The van der Waals surface area contributed by atoms with Crippen LogP contribution in [-0.4, -0.2) is 39.5 Å². The van der Waals surface area contributed by atoms with E-state index >= 15 is 0 Å². The molecule has 0 aliphatic heterocycles. The quantitative estimate of drug-likeness (QED) is 0.670. The molecule has 15 heavy (non-hydrogen) atoms. The zero-order valence-corrected chi connectivity index (χ0v) is 10.1. The summed E-state index contributed by atoms with van der Waals surface area (Å²) in [5, 5.41) is -0.473. The van der Waals surface area contributed by atoms with Gasteiger partial charge in [0.05, 0.1) is 11.4 Å². The van der Waals surface area contributed by atoms with E-state index in [2.05, 4.69) is 4.72 Å².